The number of sulfonamides is 1. The summed E-state index contributed by atoms with van der Waals surface area (Å²) in [5, 5.41) is 11.4. The molecule has 1 aliphatic rings. The summed E-state index contributed by atoms with van der Waals surface area (Å²) >= 11 is 0. The Morgan fingerprint density at radius 2 is 2.22 bits per heavy atom. The van der Waals surface area contributed by atoms with Crippen LogP contribution >= 0.6 is 0 Å². The van der Waals surface area contributed by atoms with Crippen molar-refractivity contribution in [2.45, 2.75) is 32.6 Å². The van der Waals surface area contributed by atoms with E-state index in [0.29, 0.717) is 25.0 Å². The van der Waals surface area contributed by atoms with Gasteiger partial charge in [-0.1, -0.05) is 19.4 Å². The summed E-state index contributed by atoms with van der Waals surface area (Å²) in [7, 11) is -3.76. The monoisotopic (exact) mass is 272 g/mol. The van der Waals surface area contributed by atoms with E-state index in [-0.39, 0.29) is 10.7 Å². The molecule has 0 spiro atoms. The van der Waals surface area contributed by atoms with Crippen LogP contribution < -0.4 is 5.32 Å². The predicted octanol–water partition coefficient (Wildman–Crippen LogP) is 1.38. The van der Waals surface area contributed by atoms with E-state index in [1.54, 1.807) is 6.08 Å². The number of nitrogens with one attached hydrogen (secondary N) is 1. The first-order valence-electron chi connectivity index (χ1n) is 5.56. The summed E-state index contributed by atoms with van der Waals surface area (Å²) in [6, 6.07) is 0. The quantitative estimate of drug-likeness (QED) is 0.712. The zero-order valence-corrected chi connectivity index (χ0v) is 11.0. The third-order valence-electron chi connectivity index (χ3n) is 2.32. The van der Waals surface area contributed by atoms with Gasteiger partial charge in [-0.3, -0.25) is 4.79 Å². The molecule has 0 aliphatic carbocycles. The van der Waals surface area contributed by atoms with Crippen molar-refractivity contribution in [1.82, 2.24) is 5.32 Å². The highest BCUT2D eigenvalue weighted by molar-refractivity contribution is 7.94. The maximum Gasteiger partial charge on any atom is 0.311 e. The fourth-order valence-electron chi connectivity index (χ4n) is 1.66. The highest BCUT2D eigenvalue weighted by atomic mass is 32.2. The highest BCUT2D eigenvalue weighted by Gasteiger charge is 2.27. The van der Waals surface area contributed by atoms with Crippen LogP contribution in [0.3, 0.4) is 0 Å². The van der Waals surface area contributed by atoms with Gasteiger partial charge in [-0.25, -0.2) is 0 Å². The molecule has 7 heteroatoms. The van der Waals surface area contributed by atoms with Crippen molar-refractivity contribution in [2.24, 2.45) is 4.40 Å². The summed E-state index contributed by atoms with van der Waals surface area (Å²) in [5.74, 6) is -1.19. The maximum atomic E-state index is 11.9. The van der Waals surface area contributed by atoms with Crippen LogP contribution in [0.1, 0.15) is 32.6 Å². The standard InChI is InChI=1S/C11H16N2O4S/c1-3-5-8-9(6-4-2)18(16,17)13-10(12-8)7-11(14)15/h3H,1,4-7H2,2H3,(H,12,13)(H,14,15). The molecule has 0 radical (unpaired) electrons. The van der Waals surface area contributed by atoms with Crippen LogP contribution in [0.25, 0.3) is 0 Å². The molecular formula is C11H16N2O4S. The number of allylic oxidation sites excluding steroid dienone is 2. The topological polar surface area (TPSA) is 95.8 Å². The van der Waals surface area contributed by atoms with Gasteiger partial charge in [0, 0.05) is 12.1 Å². The van der Waals surface area contributed by atoms with Crippen LogP contribution in [0.2, 0.25) is 0 Å². The molecule has 6 nitrogen and oxygen atoms in total. The number of rotatable bonds is 6. The van der Waals surface area contributed by atoms with Crippen LogP contribution in [0.15, 0.2) is 27.7 Å². The average Bonchev–Trinajstić information content (AvgIpc) is 2.22. The lowest BCUT2D eigenvalue weighted by Crippen LogP contribution is -2.32. The van der Waals surface area contributed by atoms with Gasteiger partial charge in [-0.2, -0.15) is 8.42 Å². The number of carboxylic acid groups (broad SMARTS) is 1. The largest absolute Gasteiger partial charge is 0.481 e. The Labute approximate surface area is 106 Å². The molecule has 0 saturated heterocycles. The minimum atomic E-state index is -3.76. The molecule has 0 amide bonds. The number of hydrogen-bond acceptors (Lipinski definition) is 4. The van der Waals surface area contributed by atoms with Crippen molar-refractivity contribution in [2.75, 3.05) is 0 Å². The second-order valence-corrected chi connectivity index (χ2v) is 5.48. The first-order valence-corrected chi connectivity index (χ1v) is 7.00. The minimum Gasteiger partial charge on any atom is -0.481 e. The first-order chi connectivity index (χ1) is 8.40. The zero-order chi connectivity index (χ0) is 13.8. The van der Waals surface area contributed by atoms with Gasteiger partial charge < -0.3 is 10.4 Å². The molecule has 1 rings (SSSR count). The predicted molar refractivity (Wildman–Crippen MR) is 68.5 cm³/mol. The lowest BCUT2D eigenvalue weighted by Gasteiger charge is -2.20. The van der Waals surface area contributed by atoms with E-state index in [9.17, 15) is 13.2 Å². The third kappa shape index (κ3) is 3.43. The van der Waals surface area contributed by atoms with Gasteiger partial charge in [0.15, 0.2) is 0 Å². The lowest BCUT2D eigenvalue weighted by molar-refractivity contribution is -0.135. The Balaban J connectivity index is 3.14. The second kappa shape index (κ2) is 5.81. The van der Waals surface area contributed by atoms with Crippen LogP contribution in [-0.2, 0) is 14.8 Å². The van der Waals surface area contributed by atoms with E-state index in [1.807, 2.05) is 6.92 Å². The second-order valence-electron chi connectivity index (χ2n) is 3.85. The highest BCUT2D eigenvalue weighted by Crippen LogP contribution is 2.24. The van der Waals surface area contributed by atoms with E-state index in [4.69, 9.17) is 5.11 Å². The van der Waals surface area contributed by atoms with Gasteiger partial charge >= 0.3 is 5.97 Å². The smallest absolute Gasteiger partial charge is 0.311 e. The molecule has 2 N–H and O–H groups in total. The van der Waals surface area contributed by atoms with E-state index in [0.717, 1.165) is 0 Å². The molecule has 0 unspecified atom stereocenters. The number of nitrogens with zero attached hydrogens (tertiary/aromatic N) is 1. The number of carbonyl (C=O) groups is 1. The van der Waals surface area contributed by atoms with Gasteiger partial charge in [-0.05, 0) is 6.42 Å². The average molecular weight is 272 g/mol. The van der Waals surface area contributed by atoms with Crippen molar-refractivity contribution < 1.29 is 18.3 Å². The Morgan fingerprint density at radius 3 is 2.72 bits per heavy atom. The normalized spacial score (nSPS) is 17.9. The van der Waals surface area contributed by atoms with Crippen LogP contribution in [0, 0.1) is 0 Å². The van der Waals surface area contributed by atoms with E-state index in [1.165, 1.54) is 0 Å². The lowest BCUT2D eigenvalue weighted by atomic mass is 10.2. The Morgan fingerprint density at radius 1 is 1.56 bits per heavy atom. The van der Waals surface area contributed by atoms with Crippen molar-refractivity contribution in [3.63, 3.8) is 0 Å². The fourth-order valence-corrected chi connectivity index (χ4v) is 3.08. The SMILES string of the molecule is C=CCC1=C(CCC)S(=O)(=O)N=C(CC(=O)O)N1. The van der Waals surface area contributed by atoms with E-state index < -0.39 is 22.4 Å². The van der Waals surface area contributed by atoms with Crippen molar-refractivity contribution in [3.8, 4) is 0 Å². The molecule has 0 atom stereocenters. The molecule has 0 aromatic heterocycles. The Hall–Kier alpha value is -1.63. The van der Waals surface area contributed by atoms with Gasteiger partial charge in [0.05, 0.1) is 4.91 Å². The van der Waals surface area contributed by atoms with Gasteiger partial charge in [-0.15, -0.1) is 11.0 Å². The molecule has 0 bridgehead atoms. The maximum absolute atomic E-state index is 11.9. The third-order valence-corrected chi connectivity index (χ3v) is 3.85. The van der Waals surface area contributed by atoms with E-state index in [2.05, 4.69) is 16.3 Å². The molecule has 18 heavy (non-hydrogen) atoms. The molecule has 0 aromatic rings. The summed E-state index contributed by atoms with van der Waals surface area (Å²) < 4.78 is 27.4. The van der Waals surface area contributed by atoms with Gasteiger partial charge in [0.25, 0.3) is 10.0 Å². The molecule has 0 saturated carbocycles. The summed E-state index contributed by atoms with van der Waals surface area (Å²) in [4.78, 5) is 10.8. The van der Waals surface area contributed by atoms with Crippen molar-refractivity contribution in [1.29, 1.82) is 0 Å². The first kappa shape index (κ1) is 14.4. The molecule has 100 valence electrons. The fraction of sp³-hybridized carbons (Fsp3) is 0.455. The number of aliphatic carboxylic acids is 1. The minimum absolute atomic E-state index is 0.0563. The number of hydrogen-bond donors (Lipinski definition) is 2. The van der Waals surface area contributed by atoms with Crippen molar-refractivity contribution in [3.05, 3.63) is 23.3 Å². The Kier molecular flexibility index (Phi) is 4.66. The molecular weight excluding hydrogens is 256 g/mol. The van der Waals surface area contributed by atoms with E-state index >= 15 is 0 Å². The number of carboxylic acids is 1. The summed E-state index contributed by atoms with van der Waals surface area (Å²) in [6.07, 6.45) is 2.51. The van der Waals surface area contributed by atoms with Crippen molar-refractivity contribution >= 4 is 21.8 Å². The summed E-state index contributed by atoms with van der Waals surface area (Å²) in [6.45, 7) is 5.42. The van der Waals surface area contributed by atoms with Crippen LogP contribution in [0.5, 0.6) is 0 Å². The molecule has 0 fully saturated rings. The molecule has 1 heterocycles. The number of amidine groups is 1. The molecule has 0 aromatic carbocycles. The Bertz CT molecular complexity index is 517. The zero-order valence-electron chi connectivity index (χ0n) is 10.1. The summed E-state index contributed by atoms with van der Waals surface area (Å²) in [5.41, 5.74) is 0.470. The van der Waals surface area contributed by atoms with Crippen LogP contribution in [-0.4, -0.2) is 25.3 Å². The molecule has 1 aliphatic heterocycles. The van der Waals surface area contributed by atoms with Gasteiger partial charge in [0.2, 0.25) is 0 Å². The van der Waals surface area contributed by atoms with Crippen LogP contribution in [0.4, 0.5) is 0 Å². The van der Waals surface area contributed by atoms with Gasteiger partial charge in [0.1, 0.15) is 12.3 Å².